The number of ether oxygens (including phenoxy) is 2. The Labute approximate surface area is 183 Å². The van der Waals surface area contributed by atoms with E-state index in [2.05, 4.69) is 0 Å². The van der Waals surface area contributed by atoms with Crippen LogP contribution in [0, 0.1) is 29.6 Å². The molecule has 3 rings (SSSR count). The molecule has 31 heavy (non-hydrogen) atoms. The number of carboxylic acid groups (broad SMARTS) is 1. The van der Waals surface area contributed by atoms with E-state index >= 15 is 0 Å². The molecule has 0 aromatic rings. The molecule has 0 aromatic carbocycles. The van der Waals surface area contributed by atoms with Gasteiger partial charge < -0.3 is 29.9 Å². The smallest absolute Gasteiger partial charge is 0.308 e. The number of esters is 1. The summed E-state index contributed by atoms with van der Waals surface area (Å²) in [6.45, 7) is 5.73. The van der Waals surface area contributed by atoms with Crippen LogP contribution in [0.4, 0.5) is 0 Å². The molecule has 176 valence electrons. The van der Waals surface area contributed by atoms with Crippen molar-refractivity contribution in [1.82, 2.24) is 0 Å². The molecule has 0 bridgehead atoms. The molecule has 1 aliphatic heterocycles. The van der Waals surface area contributed by atoms with Gasteiger partial charge in [-0.3, -0.25) is 9.59 Å². The van der Waals surface area contributed by atoms with Crippen LogP contribution < -0.4 is 0 Å². The van der Waals surface area contributed by atoms with Crippen LogP contribution in [0.2, 0.25) is 0 Å². The number of allylic oxidation sites excluding steroid dienone is 1. The number of aliphatic carboxylic acids is 1. The van der Waals surface area contributed by atoms with Gasteiger partial charge in [-0.1, -0.05) is 20.8 Å². The first-order valence-corrected chi connectivity index (χ1v) is 11.5. The largest absolute Gasteiger partial charge is 0.512 e. The van der Waals surface area contributed by atoms with Crippen molar-refractivity contribution in [3.63, 3.8) is 0 Å². The van der Waals surface area contributed by atoms with Crippen LogP contribution in [0.15, 0.2) is 11.8 Å². The zero-order valence-electron chi connectivity index (χ0n) is 18.5. The van der Waals surface area contributed by atoms with E-state index in [9.17, 15) is 24.9 Å². The number of aliphatic hydroxyl groups excluding tert-OH is 3. The number of carbonyl (C=O) groups excluding carboxylic acids is 1. The number of carbonyl (C=O) groups is 2. The molecule has 10 atom stereocenters. The quantitative estimate of drug-likeness (QED) is 0.300. The van der Waals surface area contributed by atoms with Crippen molar-refractivity contribution < 1.29 is 39.5 Å². The van der Waals surface area contributed by atoms with Gasteiger partial charge in [-0.25, -0.2) is 0 Å². The Bertz CT molecular complexity index is 691. The summed E-state index contributed by atoms with van der Waals surface area (Å²) in [5.41, 5.74) is 0. The lowest BCUT2D eigenvalue weighted by Crippen LogP contribution is -2.48. The van der Waals surface area contributed by atoms with Gasteiger partial charge in [-0.05, 0) is 37.7 Å². The molecular weight excluding hydrogens is 404 g/mol. The first-order valence-electron chi connectivity index (χ1n) is 11.5. The molecule has 8 heteroatoms. The Kier molecular flexibility index (Phi) is 7.65. The van der Waals surface area contributed by atoms with Crippen LogP contribution in [0.25, 0.3) is 0 Å². The van der Waals surface area contributed by atoms with Gasteiger partial charge in [-0.2, -0.15) is 0 Å². The summed E-state index contributed by atoms with van der Waals surface area (Å²) in [4.78, 5) is 23.3. The predicted octanol–water partition coefficient (Wildman–Crippen LogP) is 2.42. The highest BCUT2D eigenvalue weighted by Gasteiger charge is 2.59. The van der Waals surface area contributed by atoms with Crippen molar-refractivity contribution in [3.8, 4) is 0 Å². The molecule has 2 aliphatic carbocycles. The van der Waals surface area contributed by atoms with Crippen LogP contribution in [0.1, 0.15) is 59.3 Å². The van der Waals surface area contributed by atoms with Gasteiger partial charge >= 0.3 is 11.9 Å². The zero-order valence-corrected chi connectivity index (χ0v) is 18.5. The normalized spacial score (nSPS) is 36.9. The molecule has 1 saturated heterocycles. The average molecular weight is 441 g/mol. The third-order valence-electron chi connectivity index (χ3n) is 7.38. The van der Waals surface area contributed by atoms with Crippen molar-refractivity contribution in [2.45, 2.75) is 89.8 Å². The molecule has 3 aliphatic rings. The molecular formula is C23H36O8. The predicted molar refractivity (Wildman–Crippen MR) is 111 cm³/mol. The van der Waals surface area contributed by atoms with Crippen molar-refractivity contribution in [2.75, 3.05) is 0 Å². The lowest BCUT2D eigenvalue weighted by molar-refractivity contribution is -0.161. The van der Waals surface area contributed by atoms with Gasteiger partial charge in [0, 0.05) is 24.2 Å². The second-order valence-corrected chi connectivity index (χ2v) is 9.58. The van der Waals surface area contributed by atoms with Crippen LogP contribution in [-0.4, -0.2) is 62.9 Å². The molecule has 0 radical (unpaired) electrons. The highest BCUT2D eigenvalue weighted by molar-refractivity contribution is 5.72. The zero-order chi connectivity index (χ0) is 22.9. The van der Waals surface area contributed by atoms with Crippen molar-refractivity contribution in [1.29, 1.82) is 0 Å². The summed E-state index contributed by atoms with van der Waals surface area (Å²) in [7, 11) is 0. The number of fused-ring (bicyclic) bond motifs is 3. The van der Waals surface area contributed by atoms with Gasteiger partial charge in [-0.15, -0.1) is 0 Å². The van der Waals surface area contributed by atoms with Crippen molar-refractivity contribution in [2.24, 2.45) is 29.6 Å². The molecule has 3 unspecified atom stereocenters. The fourth-order valence-electron chi connectivity index (χ4n) is 5.31. The molecule has 8 nitrogen and oxygen atoms in total. The third kappa shape index (κ3) is 5.59. The van der Waals surface area contributed by atoms with E-state index in [4.69, 9.17) is 14.6 Å². The summed E-state index contributed by atoms with van der Waals surface area (Å²) in [6.07, 6.45) is 1.55. The molecule has 0 amide bonds. The third-order valence-corrected chi connectivity index (χ3v) is 7.38. The number of carboxylic acids is 1. The highest BCUT2D eigenvalue weighted by Crippen LogP contribution is 2.54. The van der Waals surface area contributed by atoms with E-state index in [-0.39, 0.29) is 60.3 Å². The summed E-state index contributed by atoms with van der Waals surface area (Å²) >= 11 is 0. The van der Waals surface area contributed by atoms with E-state index in [1.807, 2.05) is 26.8 Å². The average Bonchev–Trinajstić information content (AvgIpc) is 3.46. The fraction of sp³-hybridized carbons (Fsp3) is 0.826. The molecule has 0 spiro atoms. The Morgan fingerprint density at radius 1 is 1.29 bits per heavy atom. The van der Waals surface area contributed by atoms with E-state index < -0.39 is 24.6 Å². The maximum Gasteiger partial charge on any atom is 0.308 e. The van der Waals surface area contributed by atoms with Gasteiger partial charge in [0.25, 0.3) is 0 Å². The Morgan fingerprint density at radius 2 is 2.00 bits per heavy atom. The lowest BCUT2D eigenvalue weighted by Gasteiger charge is -2.45. The molecule has 0 aromatic heterocycles. The molecule has 1 heterocycles. The standard InChI is InChI=1S/C23H36O8/c1-4-11(2)23(29)31-18-10-19-22(30-19)16-9-17(26)12(3)15(21(16)18)6-5-13(24)7-14(25)8-20(27)28/h9,11-16,18-19,21-22,24-26H,4-8,10H2,1-3H3,(H,27,28)/t11-,12+,13+,14+,15-,16?,18-,19?,21+,22?/m0/s1. The minimum absolute atomic E-state index is 0.0104. The summed E-state index contributed by atoms with van der Waals surface area (Å²) in [5.74, 6) is -1.44. The minimum Gasteiger partial charge on any atom is -0.512 e. The van der Waals surface area contributed by atoms with Crippen molar-refractivity contribution in [3.05, 3.63) is 11.8 Å². The van der Waals surface area contributed by atoms with Gasteiger partial charge in [0.05, 0.1) is 42.5 Å². The summed E-state index contributed by atoms with van der Waals surface area (Å²) in [5, 5.41) is 39.5. The maximum absolute atomic E-state index is 12.5. The second kappa shape index (κ2) is 9.88. The monoisotopic (exact) mass is 440 g/mol. The minimum atomic E-state index is -1.11. The van der Waals surface area contributed by atoms with E-state index in [0.717, 1.165) is 0 Å². The fourth-order valence-corrected chi connectivity index (χ4v) is 5.31. The first-order chi connectivity index (χ1) is 14.6. The van der Waals surface area contributed by atoms with E-state index in [1.54, 1.807) is 0 Å². The van der Waals surface area contributed by atoms with E-state index in [0.29, 0.717) is 31.4 Å². The number of epoxide rings is 1. The maximum atomic E-state index is 12.5. The number of rotatable bonds is 10. The molecule has 2 fully saturated rings. The Morgan fingerprint density at radius 3 is 2.65 bits per heavy atom. The Balaban J connectivity index is 1.70. The topological polar surface area (TPSA) is 137 Å². The number of hydrogen-bond acceptors (Lipinski definition) is 7. The number of aliphatic hydroxyl groups is 3. The highest BCUT2D eigenvalue weighted by atomic mass is 16.6. The lowest BCUT2D eigenvalue weighted by atomic mass is 9.62. The van der Waals surface area contributed by atoms with Crippen LogP contribution in [0.5, 0.6) is 0 Å². The van der Waals surface area contributed by atoms with E-state index in [1.165, 1.54) is 0 Å². The Hall–Kier alpha value is -1.64. The number of hydrogen-bond donors (Lipinski definition) is 4. The van der Waals surface area contributed by atoms with Gasteiger partial charge in [0.2, 0.25) is 0 Å². The van der Waals surface area contributed by atoms with Gasteiger partial charge in [0.1, 0.15) is 6.10 Å². The van der Waals surface area contributed by atoms with Crippen LogP contribution in [-0.2, 0) is 19.1 Å². The molecule has 4 N–H and O–H groups in total. The van der Waals surface area contributed by atoms with Gasteiger partial charge in [0.15, 0.2) is 0 Å². The summed E-state index contributed by atoms with van der Waals surface area (Å²) < 4.78 is 11.7. The summed E-state index contributed by atoms with van der Waals surface area (Å²) in [6, 6.07) is 0. The van der Waals surface area contributed by atoms with Crippen LogP contribution in [0.3, 0.4) is 0 Å². The first kappa shape index (κ1) is 24.0. The SMILES string of the molecule is CC[C@H](C)C(=O)O[C@H]1CC2OC2C2C=C(O)[C@H](C)[C@H](CC[C@@H](O)C[C@@H](O)CC(=O)O)[C@H]21. The second-order valence-electron chi connectivity index (χ2n) is 9.58. The van der Waals surface area contributed by atoms with Crippen LogP contribution >= 0.6 is 0 Å². The molecule has 1 saturated carbocycles. The van der Waals surface area contributed by atoms with Crippen molar-refractivity contribution >= 4 is 11.9 Å².